The van der Waals surface area contributed by atoms with Gasteiger partial charge in [0, 0.05) is 4.47 Å². The minimum Gasteiger partial charge on any atom is -0.318 e. The quantitative estimate of drug-likeness (QED) is 0.795. The first-order valence-electron chi connectivity index (χ1n) is 5.06. The average Bonchev–Trinajstić information content (AvgIpc) is 2.36. The molecule has 19 heavy (non-hydrogen) atoms. The molecular formula is C12H6BrCl2FN2O. The smallest absolute Gasteiger partial charge is 0.275 e. The largest absolute Gasteiger partial charge is 0.318 e. The van der Waals surface area contributed by atoms with Gasteiger partial charge in [-0.3, -0.25) is 4.79 Å². The van der Waals surface area contributed by atoms with E-state index in [4.69, 9.17) is 23.2 Å². The van der Waals surface area contributed by atoms with Gasteiger partial charge in [0.25, 0.3) is 5.91 Å². The minimum atomic E-state index is -0.635. The van der Waals surface area contributed by atoms with Crippen LogP contribution in [0.15, 0.2) is 34.8 Å². The molecule has 1 aromatic carbocycles. The van der Waals surface area contributed by atoms with Crippen molar-refractivity contribution in [2.45, 2.75) is 0 Å². The van der Waals surface area contributed by atoms with Gasteiger partial charge in [0.1, 0.15) is 16.7 Å². The second kappa shape index (κ2) is 5.86. The van der Waals surface area contributed by atoms with Crippen molar-refractivity contribution in [3.63, 3.8) is 0 Å². The molecular weight excluding hydrogens is 358 g/mol. The molecule has 0 unspecified atom stereocenters. The fourth-order valence-electron chi connectivity index (χ4n) is 1.35. The Labute approximate surface area is 126 Å². The zero-order valence-electron chi connectivity index (χ0n) is 9.25. The molecule has 1 aromatic heterocycles. The molecule has 0 aliphatic rings. The third-order valence-corrected chi connectivity index (χ3v) is 3.21. The summed E-state index contributed by atoms with van der Waals surface area (Å²) < 4.78 is 14.1. The number of nitrogens with one attached hydrogen (secondary N) is 1. The number of anilines is 1. The Morgan fingerprint density at radius 3 is 2.74 bits per heavy atom. The zero-order valence-corrected chi connectivity index (χ0v) is 12.4. The second-order valence-corrected chi connectivity index (χ2v) is 5.25. The van der Waals surface area contributed by atoms with Crippen LogP contribution in [-0.4, -0.2) is 10.9 Å². The number of carbonyl (C=O) groups excluding carboxylic acids is 1. The fourth-order valence-corrected chi connectivity index (χ4v) is 2.05. The molecule has 1 heterocycles. The first-order chi connectivity index (χ1) is 8.97. The van der Waals surface area contributed by atoms with Gasteiger partial charge in [-0.1, -0.05) is 39.1 Å². The molecule has 0 saturated carbocycles. The Morgan fingerprint density at radius 2 is 2.00 bits per heavy atom. The van der Waals surface area contributed by atoms with E-state index < -0.39 is 11.7 Å². The Balaban J connectivity index is 2.30. The molecule has 0 aliphatic heterocycles. The third kappa shape index (κ3) is 3.43. The van der Waals surface area contributed by atoms with Crippen molar-refractivity contribution in [1.29, 1.82) is 0 Å². The summed E-state index contributed by atoms with van der Waals surface area (Å²) in [6.07, 6.45) is 0. The van der Waals surface area contributed by atoms with E-state index in [0.29, 0.717) is 4.47 Å². The van der Waals surface area contributed by atoms with E-state index >= 15 is 0 Å². The summed E-state index contributed by atoms with van der Waals surface area (Å²) >= 11 is 14.7. The van der Waals surface area contributed by atoms with E-state index in [9.17, 15) is 9.18 Å². The SMILES string of the molecule is O=C(Nc1cc(Br)ccc1F)c1nc(Cl)ccc1Cl. The molecule has 7 heteroatoms. The third-order valence-electron chi connectivity index (χ3n) is 2.20. The van der Waals surface area contributed by atoms with E-state index in [0.717, 1.165) is 0 Å². The van der Waals surface area contributed by atoms with E-state index in [1.165, 1.54) is 30.3 Å². The van der Waals surface area contributed by atoms with Crippen molar-refractivity contribution < 1.29 is 9.18 Å². The predicted octanol–water partition coefficient (Wildman–Crippen LogP) is 4.54. The number of aromatic nitrogens is 1. The standard InChI is InChI=1S/C12H6BrCl2FN2O/c13-6-1-3-8(16)9(5-6)17-12(19)11-7(14)2-4-10(15)18-11/h1-5H,(H,17,19). The van der Waals surface area contributed by atoms with Crippen LogP contribution in [0.1, 0.15) is 10.5 Å². The van der Waals surface area contributed by atoms with Gasteiger partial charge in [-0.15, -0.1) is 0 Å². The number of carbonyl (C=O) groups is 1. The first-order valence-corrected chi connectivity index (χ1v) is 6.60. The summed E-state index contributed by atoms with van der Waals surface area (Å²) in [5.41, 5.74) is -0.0363. The summed E-state index contributed by atoms with van der Waals surface area (Å²) in [4.78, 5) is 15.8. The van der Waals surface area contributed by atoms with Crippen LogP contribution in [0.25, 0.3) is 0 Å². The molecule has 3 nitrogen and oxygen atoms in total. The van der Waals surface area contributed by atoms with Crippen LogP contribution < -0.4 is 5.32 Å². The lowest BCUT2D eigenvalue weighted by atomic mass is 10.3. The number of pyridine rings is 1. The number of hydrogen-bond acceptors (Lipinski definition) is 2. The van der Waals surface area contributed by atoms with Gasteiger partial charge < -0.3 is 5.32 Å². The molecule has 0 bridgehead atoms. The van der Waals surface area contributed by atoms with Gasteiger partial charge in [-0.2, -0.15) is 0 Å². The molecule has 0 atom stereocenters. The first kappa shape index (κ1) is 14.2. The monoisotopic (exact) mass is 362 g/mol. The fraction of sp³-hybridized carbons (Fsp3) is 0. The maximum Gasteiger partial charge on any atom is 0.275 e. The van der Waals surface area contributed by atoms with Crippen LogP contribution in [0.4, 0.5) is 10.1 Å². The minimum absolute atomic E-state index is 0.0252. The Morgan fingerprint density at radius 1 is 1.26 bits per heavy atom. The highest BCUT2D eigenvalue weighted by atomic mass is 79.9. The average molecular weight is 364 g/mol. The van der Waals surface area contributed by atoms with Crippen LogP contribution in [-0.2, 0) is 0 Å². The van der Waals surface area contributed by atoms with Crippen LogP contribution >= 0.6 is 39.1 Å². The number of halogens is 4. The molecule has 0 fully saturated rings. The zero-order chi connectivity index (χ0) is 14.0. The molecule has 2 rings (SSSR count). The van der Waals surface area contributed by atoms with E-state index in [1.807, 2.05) is 0 Å². The van der Waals surface area contributed by atoms with Gasteiger partial charge in [-0.05, 0) is 30.3 Å². The number of amides is 1. The van der Waals surface area contributed by atoms with Gasteiger partial charge in [0.2, 0.25) is 0 Å². The van der Waals surface area contributed by atoms with Gasteiger partial charge in [-0.25, -0.2) is 9.37 Å². The predicted molar refractivity (Wildman–Crippen MR) is 76.3 cm³/mol. The Kier molecular flexibility index (Phi) is 4.39. The highest BCUT2D eigenvalue weighted by Crippen LogP contribution is 2.22. The van der Waals surface area contributed by atoms with Crippen LogP contribution in [0.3, 0.4) is 0 Å². The highest BCUT2D eigenvalue weighted by Gasteiger charge is 2.15. The van der Waals surface area contributed by atoms with Gasteiger partial charge in [0.15, 0.2) is 0 Å². The number of hydrogen-bond donors (Lipinski definition) is 1. The highest BCUT2D eigenvalue weighted by molar-refractivity contribution is 9.10. The molecule has 0 aliphatic carbocycles. The van der Waals surface area contributed by atoms with Crippen LogP contribution in [0.2, 0.25) is 10.2 Å². The maximum atomic E-state index is 13.5. The normalized spacial score (nSPS) is 10.3. The number of rotatable bonds is 2. The van der Waals surface area contributed by atoms with Crippen molar-refractivity contribution in [3.8, 4) is 0 Å². The second-order valence-electron chi connectivity index (χ2n) is 3.54. The molecule has 2 aromatic rings. The van der Waals surface area contributed by atoms with Gasteiger partial charge >= 0.3 is 0 Å². The summed E-state index contributed by atoms with van der Waals surface area (Å²) in [5.74, 6) is -1.20. The topological polar surface area (TPSA) is 42.0 Å². The number of benzene rings is 1. The molecule has 1 amide bonds. The lowest BCUT2D eigenvalue weighted by Crippen LogP contribution is -2.15. The van der Waals surface area contributed by atoms with Crippen LogP contribution in [0, 0.1) is 5.82 Å². The Bertz CT molecular complexity index is 652. The van der Waals surface area contributed by atoms with E-state index in [2.05, 4.69) is 26.2 Å². The van der Waals surface area contributed by atoms with E-state index in [-0.39, 0.29) is 21.6 Å². The summed E-state index contributed by atoms with van der Waals surface area (Å²) in [5, 5.41) is 2.65. The lowest BCUT2D eigenvalue weighted by molar-refractivity contribution is 0.102. The summed E-state index contributed by atoms with van der Waals surface area (Å²) in [6, 6.07) is 7.09. The van der Waals surface area contributed by atoms with Crippen LogP contribution in [0.5, 0.6) is 0 Å². The van der Waals surface area contributed by atoms with Crippen molar-refractivity contribution in [1.82, 2.24) is 4.98 Å². The van der Waals surface area contributed by atoms with Gasteiger partial charge in [0.05, 0.1) is 10.7 Å². The van der Waals surface area contributed by atoms with E-state index in [1.54, 1.807) is 0 Å². The van der Waals surface area contributed by atoms with Crippen molar-refractivity contribution in [2.75, 3.05) is 5.32 Å². The van der Waals surface area contributed by atoms with Crippen molar-refractivity contribution in [2.24, 2.45) is 0 Å². The van der Waals surface area contributed by atoms with Crippen molar-refractivity contribution in [3.05, 3.63) is 56.5 Å². The summed E-state index contributed by atoms with van der Waals surface area (Å²) in [6.45, 7) is 0. The maximum absolute atomic E-state index is 13.5. The van der Waals surface area contributed by atoms with Crippen molar-refractivity contribution >= 4 is 50.7 Å². The molecule has 1 N–H and O–H groups in total. The Hall–Kier alpha value is -1.17. The molecule has 98 valence electrons. The molecule has 0 saturated heterocycles. The summed E-state index contributed by atoms with van der Waals surface area (Å²) in [7, 11) is 0. The molecule has 0 radical (unpaired) electrons. The number of nitrogens with zero attached hydrogens (tertiary/aromatic N) is 1. The molecule has 0 spiro atoms. The lowest BCUT2D eigenvalue weighted by Gasteiger charge is -2.07.